The first-order valence-electron chi connectivity index (χ1n) is 10.6. The molecule has 2 atom stereocenters. The summed E-state index contributed by atoms with van der Waals surface area (Å²) in [4.78, 5) is 26.9. The molecule has 1 aromatic rings. The van der Waals surface area contributed by atoms with Crippen LogP contribution in [0.15, 0.2) is 23.8 Å². The quantitative estimate of drug-likeness (QED) is 0.563. The molecule has 0 spiro atoms. The number of nitrogens with one attached hydrogen (secondary N) is 1. The maximum absolute atomic E-state index is 13.8. The molecule has 1 aliphatic heterocycles. The molecule has 0 fully saturated rings. The van der Waals surface area contributed by atoms with Gasteiger partial charge in [0.2, 0.25) is 0 Å². The van der Waals surface area contributed by atoms with Crippen LogP contribution in [0.1, 0.15) is 60.5 Å². The van der Waals surface area contributed by atoms with E-state index in [0.29, 0.717) is 5.75 Å². The maximum atomic E-state index is 13.8. The number of benzene rings is 1. The van der Waals surface area contributed by atoms with E-state index < -0.39 is 52.0 Å². The van der Waals surface area contributed by atoms with E-state index in [9.17, 15) is 27.0 Å². The van der Waals surface area contributed by atoms with E-state index in [1.807, 2.05) is 0 Å². The number of ether oxygens (including phenoxy) is 2. The van der Waals surface area contributed by atoms with E-state index in [-0.39, 0.29) is 22.4 Å². The summed E-state index contributed by atoms with van der Waals surface area (Å²) in [6, 6.07) is 2.33. The molecule has 190 valence electrons. The van der Waals surface area contributed by atoms with E-state index >= 15 is 0 Å². The van der Waals surface area contributed by atoms with Crippen LogP contribution >= 0.6 is 0 Å². The molecule has 7 nitrogen and oxygen atoms in total. The van der Waals surface area contributed by atoms with E-state index in [4.69, 9.17) is 9.47 Å². The van der Waals surface area contributed by atoms with Gasteiger partial charge in [-0.1, -0.05) is 5.57 Å². The number of nitrogens with zero attached hydrogens (tertiary/aromatic N) is 1. The van der Waals surface area contributed by atoms with Crippen LogP contribution in [-0.2, 0) is 20.5 Å². The van der Waals surface area contributed by atoms with Gasteiger partial charge in [-0.05, 0) is 73.1 Å². The second-order valence-corrected chi connectivity index (χ2v) is 12.0. The van der Waals surface area contributed by atoms with Gasteiger partial charge in [0.15, 0.2) is 0 Å². The van der Waals surface area contributed by atoms with Crippen LogP contribution in [0.25, 0.3) is 5.57 Å². The van der Waals surface area contributed by atoms with Crippen molar-refractivity contribution < 1.29 is 36.4 Å². The molecule has 0 radical (unpaired) electrons. The van der Waals surface area contributed by atoms with Crippen LogP contribution in [0.3, 0.4) is 0 Å². The summed E-state index contributed by atoms with van der Waals surface area (Å²) in [5, 5.41) is 0. The van der Waals surface area contributed by atoms with Gasteiger partial charge in [0.05, 0.1) is 28.5 Å². The van der Waals surface area contributed by atoms with Gasteiger partial charge in [-0.2, -0.15) is 13.2 Å². The number of hydrogen-bond donors (Lipinski definition) is 1. The summed E-state index contributed by atoms with van der Waals surface area (Å²) in [5.74, 6) is -0.435. The molecule has 0 unspecified atom stereocenters. The summed E-state index contributed by atoms with van der Waals surface area (Å²) in [5.41, 5.74) is -0.438. The number of halogens is 3. The highest BCUT2D eigenvalue weighted by Gasteiger charge is 2.44. The molecule has 34 heavy (non-hydrogen) atoms. The first-order valence-corrected chi connectivity index (χ1v) is 11.7. The van der Waals surface area contributed by atoms with E-state index in [1.165, 1.54) is 32.2 Å². The fourth-order valence-electron chi connectivity index (χ4n) is 3.21. The number of methoxy groups -OCH3 is 1. The Labute approximate surface area is 200 Å². The second kappa shape index (κ2) is 9.69. The van der Waals surface area contributed by atoms with Gasteiger partial charge in [-0.25, -0.2) is 18.6 Å². The molecule has 0 saturated carbocycles. The lowest BCUT2D eigenvalue weighted by atomic mass is 9.97. The van der Waals surface area contributed by atoms with E-state index in [1.54, 1.807) is 41.5 Å². The van der Waals surface area contributed by atoms with Gasteiger partial charge >= 0.3 is 12.3 Å². The SMILES string of the molecule is COc1ccc2c(c1)/C(=C(\C)C[C@H](N[S@@](=O)C(C)(C)C)C(F)(F)F)C(=O)N2C(=O)OC(C)(C)C. The molecule has 2 amide bonds. The Kier molecular flexibility index (Phi) is 7.94. The Balaban J connectivity index is 2.56. The highest BCUT2D eigenvalue weighted by molar-refractivity contribution is 7.84. The van der Waals surface area contributed by atoms with Gasteiger partial charge in [-0.3, -0.25) is 4.79 Å². The minimum absolute atomic E-state index is 0.0580. The summed E-state index contributed by atoms with van der Waals surface area (Å²) in [7, 11) is -0.590. The number of hydrogen-bond acceptors (Lipinski definition) is 5. The predicted molar refractivity (Wildman–Crippen MR) is 125 cm³/mol. The lowest BCUT2D eigenvalue weighted by Crippen LogP contribution is -2.47. The zero-order valence-corrected chi connectivity index (χ0v) is 21.4. The van der Waals surface area contributed by atoms with Crippen molar-refractivity contribution in [3.63, 3.8) is 0 Å². The second-order valence-electron chi connectivity index (χ2n) is 9.96. The van der Waals surface area contributed by atoms with Crippen LogP contribution < -0.4 is 14.4 Å². The molecule has 0 saturated heterocycles. The fraction of sp³-hybridized carbons (Fsp3) is 0.565. The lowest BCUT2D eigenvalue weighted by molar-refractivity contribution is -0.150. The highest BCUT2D eigenvalue weighted by Crippen LogP contribution is 2.42. The van der Waals surface area contributed by atoms with Crippen molar-refractivity contribution in [2.24, 2.45) is 0 Å². The van der Waals surface area contributed by atoms with Gasteiger partial charge < -0.3 is 9.47 Å². The smallest absolute Gasteiger partial charge is 0.422 e. The van der Waals surface area contributed by atoms with Crippen molar-refractivity contribution in [2.45, 2.75) is 77.5 Å². The summed E-state index contributed by atoms with van der Waals surface area (Å²) >= 11 is 0. The maximum Gasteiger partial charge on any atom is 0.422 e. The first kappa shape index (κ1) is 27.8. The van der Waals surface area contributed by atoms with E-state index in [0.717, 1.165) is 4.90 Å². The van der Waals surface area contributed by atoms with Gasteiger partial charge in [-0.15, -0.1) is 0 Å². The number of anilines is 1. The Morgan fingerprint density at radius 2 is 1.74 bits per heavy atom. The molecule has 0 aliphatic carbocycles. The summed E-state index contributed by atoms with van der Waals surface area (Å²) < 4.78 is 65.6. The number of carbonyl (C=O) groups excluding carboxylic acids is 2. The van der Waals surface area contributed by atoms with Crippen LogP contribution in [-0.4, -0.2) is 45.9 Å². The molecular weight excluding hydrogens is 473 g/mol. The molecule has 0 aromatic heterocycles. The van der Waals surface area contributed by atoms with E-state index in [2.05, 4.69) is 4.72 Å². The Hall–Kier alpha value is -2.40. The van der Waals surface area contributed by atoms with Crippen molar-refractivity contribution in [3.8, 4) is 5.75 Å². The molecule has 0 bridgehead atoms. The predicted octanol–water partition coefficient (Wildman–Crippen LogP) is 5.12. The standard InChI is InChI=1S/C23H31F3N2O5S/c1-13(11-17(23(24,25)26)27-34(31)22(5,6)7)18-15-12-14(32-8)9-10-16(15)28(19(18)29)20(30)33-21(2,3)4/h9-10,12,17,27H,11H2,1-8H3/b18-13-/t17-,34-/m0/s1. The van der Waals surface area contributed by atoms with Crippen molar-refractivity contribution in [1.82, 2.24) is 4.72 Å². The third-order valence-electron chi connectivity index (χ3n) is 4.84. The Bertz CT molecular complexity index is 1020. The molecule has 1 aliphatic rings. The van der Waals surface area contributed by atoms with Crippen LogP contribution in [0, 0.1) is 0 Å². The van der Waals surface area contributed by atoms with Crippen LogP contribution in [0.2, 0.25) is 0 Å². The minimum atomic E-state index is -4.73. The Morgan fingerprint density at radius 1 is 1.15 bits per heavy atom. The average Bonchev–Trinajstić information content (AvgIpc) is 2.95. The monoisotopic (exact) mass is 504 g/mol. The molecule has 1 aromatic carbocycles. The third kappa shape index (κ3) is 6.38. The Morgan fingerprint density at radius 3 is 2.21 bits per heavy atom. The molecule has 11 heteroatoms. The zero-order valence-electron chi connectivity index (χ0n) is 20.5. The van der Waals surface area contributed by atoms with Crippen molar-refractivity contribution in [1.29, 1.82) is 0 Å². The number of carbonyl (C=O) groups is 2. The largest absolute Gasteiger partial charge is 0.497 e. The first-order chi connectivity index (χ1) is 15.4. The molecule has 1 heterocycles. The lowest BCUT2D eigenvalue weighted by Gasteiger charge is -2.26. The van der Waals surface area contributed by atoms with Gasteiger partial charge in [0.25, 0.3) is 5.91 Å². The number of rotatable bonds is 5. The summed E-state index contributed by atoms with van der Waals surface area (Å²) in [6.45, 7) is 10.9. The summed E-state index contributed by atoms with van der Waals surface area (Å²) in [6.07, 6.45) is -6.32. The topological polar surface area (TPSA) is 84.9 Å². The van der Waals surface area contributed by atoms with Crippen molar-refractivity contribution in [2.75, 3.05) is 12.0 Å². The normalized spacial score (nSPS) is 17.9. The zero-order chi connectivity index (χ0) is 26.2. The van der Waals surface area contributed by atoms with Crippen LogP contribution in [0.4, 0.5) is 23.7 Å². The molecular formula is C23H31F3N2O5S. The fourth-order valence-corrected chi connectivity index (χ4v) is 4.04. The number of imide groups is 1. The van der Waals surface area contributed by atoms with Gasteiger partial charge in [0, 0.05) is 11.1 Å². The number of alkyl halides is 3. The highest BCUT2D eigenvalue weighted by atomic mass is 32.2. The average molecular weight is 505 g/mol. The van der Waals surface area contributed by atoms with Crippen molar-refractivity contribution in [3.05, 3.63) is 29.3 Å². The number of amides is 2. The molecule has 2 rings (SSSR count). The van der Waals surface area contributed by atoms with Gasteiger partial charge in [0.1, 0.15) is 17.4 Å². The third-order valence-corrected chi connectivity index (χ3v) is 6.46. The van der Waals surface area contributed by atoms with Crippen LogP contribution in [0.5, 0.6) is 5.75 Å². The van der Waals surface area contributed by atoms with Crippen molar-refractivity contribution >= 4 is 34.2 Å². The molecule has 1 N–H and O–H groups in total. The number of fused-ring (bicyclic) bond motifs is 1. The minimum Gasteiger partial charge on any atom is -0.497 e.